The minimum Gasteiger partial charge on any atom is -0.310 e. The van der Waals surface area contributed by atoms with Crippen LogP contribution >= 0.6 is 11.3 Å². The van der Waals surface area contributed by atoms with Gasteiger partial charge in [0.1, 0.15) is 0 Å². The Hall–Kier alpha value is -7.72. The van der Waals surface area contributed by atoms with E-state index in [-0.39, 0.29) is 0 Å². The Labute approximate surface area is 358 Å². The zero-order valence-corrected chi connectivity index (χ0v) is 34.1. The fraction of sp³-hybridized carbons (Fsp3) is 0. The molecule has 0 aliphatic rings. The van der Waals surface area contributed by atoms with Crippen LogP contribution in [0, 0.1) is 0 Å². The summed E-state index contributed by atoms with van der Waals surface area (Å²) in [4.78, 5) is 2.37. The van der Waals surface area contributed by atoms with Crippen molar-refractivity contribution in [3.05, 3.63) is 231 Å². The monoisotopic (exact) mass is 794 g/mol. The maximum Gasteiger partial charge on any atom is 0.0619 e. The maximum atomic E-state index is 2.44. The fourth-order valence-corrected chi connectivity index (χ4v) is 10.4. The molecule has 0 saturated carbocycles. The molecule has 3 heteroatoms. The number of benzene rings is 10. The van der Waals surface area contributed by atoms with Gasteiger partial charge in [0.15, 0.2) is 0 Å². The summed E-state index contributed by atoms with van der Waals surface area (Å²) in [5, 5.41) is 7.66. The quantitative estimate of drug-likeness (QED) is 0.156. The van der Waals surface area contributed by atoms with E-state index in [0.717, 1.165) is 22.7 Å². The average Bonchev–Trinajstić information content (AvgIpc) is 3.88. The van der Waals surface area contributed by atoms with Crippen LogP contribution in [0.25, 0.3) is 91.8 Å². The fourth-order valence-electron chi connectivity index (χ4n) is 9.22. The molecule has 0 atom stereocenters. The number of aromatic nitrogens is 1. The summed E-state index contributed by atoms with van der Waals surface area (Å²) < 4.78 is 5.08. The Bertz CT molecular complexity index is 3560. The lowest BCUT2D eigenvalue weighted by molar-refractivity contribution is 1.19. The van der Waals surface area contributed by atoms with Crippen molar-refractivity contribution in [2.45, 2.75) is 0 Å². The van der Waals surface area contributed by atoms with E-state index in [1.54, 1.807) is 0 Å². The molecule has 286 valence electrons. The lowest BCUT2D eigenvalue weighted by atomic mass is 10.0. The number of anilines is 3. The predicted octanol–water partition coefficient (Wildman–Crippen LogP) is 16.8. The van der Waals surface area contributed by atoms with Crippen molar-refractivity contribution in [1.82, 2.24) is 4.57 Å². The second-order valence-corrected chi connectivity index (χ2v) is 16.8. The lowest BCUT2D eigenvalue weighted by Crippen LogP contribution is -2.10. The van der Waals surface area contributed by atoms with Gasteiger partial charge in [-0.05, 0) is 105 Å². The molecule has 0 unspecified atom stereocenters. The highest BCUT2D eigenvalue weighted by molar-refractivity contribution is 7.25. The highest BCUT2D eigenvalue weighted by Gasteiger charge is 2.18. The second-order valence-electron chi connectivity index (χ2n) is 15.7. The molecular formula is C58H38N2S. The SMILES string of the molecule is c1ccc(-c2cccc(N(c3ccc(-c4ccc5c(c4)sc4ccccc45)cc3)c3ccc(-c4ccc5c6ccc7ccccc7c6n(-c6ccccc6)c5c4)cc3)c2)cc1. The lowest BCUT2D eigenvalue weighted by Gasteiger charge is -2.26. The summed E-state index contributed by atoms with van der Waals surface area (Å²) in [5.74, 6) is 0. The zero-order chi connectivity index (χ0) is 40.3. The van der Waals surface area contributed by atoms with Crippen LogP contribution in [0.4, 0.5) is 17.1 Å². The zero-order valence-electron chi connectivity index (χ0n) is 33.2. The largest absolute Gasteiger partial charge is 0.310 e. The van der Waals surface area contributed by atoms with Gasteiger partial charge in [0.25, 0.3) is 0 Å². The summed E-state index contributed by atoms with van der Waals surface area (Å²) in [7, 11) is 0. The van der Waals surface area contributed by atoms with Gasteiger partial charge < -0.3 is 9.47 Å². The van der Waals surface area contributed by atoms with Crippen molar-refractivity contribution in [1.29, 1.82) is 0 Å². The number of thiophene rings is 1. The first-order chi connectivity index (χ1) is 30.2. The highest BCUT2D eigenvalue weighted by atomic mass is 32.1. The first-order valence-corrected chi connectivity index (χ1v) is 21.6. The number of fused-ring (bicyclic) bond motifs is 8. The highest BCUT2D eigenvalue weighted by Crippen LogP contribution is 2.42. The van der Waals surface area contributed by atoms with Crippen LogP contribution in [0.5, 0.6) is 0 Å². The molecule has 0 N–H and O–H groups in total. The number of hydrogen-bond acceptors (Lipinski definition) is 2. The van der Waals surface area contributed by atoms with E-state index in [2.05, 4.69) is 240 Å². The molecule has 12 rings (SSSR count). The summed E-state index contributed by atoms with van der Waals surface area (Å²) in [6.07, 6.45) is 0. The Morgan fingerprint density at radius 3 is 1.61 bits per heavy atom. The Morgan fingerprint density at radius 2 is 0.852 bits per heavy atom. The minimum atomic E-state index is 1.10. The van der Waals surface area contributed by atoms with Gasteiger partial charge in [0, 0.05) is 59.1 Å². The van der Waals surface area contributed by atoms with Crippen molar-refractivity contribution >= 4 is 81.1 Å². The van der Waals surface area contributed by atoms with Gasteiger partial charge in [0.05, 0.1) is 11.0 Å². The smallest absolute Gasteiger partial charge is 0.0619 e. The van der Waals surface area contributed by atoms with E-state index >= 15 is 0 Å². The molecule has 0 saturated heterocycles. The topological polar surface area (TPSA) is 8.17 Å². The van der Waals surface area contributed by atoms with Crippen LogP contribution in [0.1, 0.15) is 0 Å². The maximum absolute atomic E-state index is 2.44. The third-order valence-electron chi connectivity index (χ3n) is 12.2. The normalized spacial score (nSPS) is 11.6. The molecule has 0 radical (unpaired) electrons. The molecule has 0 spiro atoms. The summed E-state index contributed by atoms with van der Waals surface area (Å²) in [5.41, 5.74) is 14.1. The van der Waals surface area contributed by atoms with Gasteiger partial charge in [-0.15, -0.1) is 11.3 Å². The van der Waals surface area contributed by atoms with Crippen LogP contribution in [-0.4, -0.2) is 4.57 Å². The van der Waals surface area contributed by atoms with E-state index in [9.17, 15) is 0 Å². The molecule has 0 aliphatic carbocycles. The molecule has 2 aromatic heterocycles. The van der Waals surface area contributed by atoms with E-state index in [1.807, 2.05) is 11.3 Å². The minimum absolute atomic E-state index is 1.10. The van der Waals surface area contributed by atoms with Crippen molar-refractivity contribution in [3.8, 4) is 39.1 Å². The standard InChI is InChI=1S/C58H38N2S/c1-3-12-39(13-4-1)43-15-11-18-49(36-43)59(48-31-24-41(25-32-48)45-28-34-53-52-20-9-10-21-56(52)61-57(53)38-45)47-29-22-40(23-30-47)44-27-33-51-54-35-26-42-14-7-8-19-50(42)58(54)60(55(51)37-44)46-16-5-2-6-17-46/h1-38H. The van der Waals surface area contributed by atoms with Crippen molar-refractivity contribution in [2.24, 2.45) is 0 Å². The molecule has 12 aromatic rings. The Kier molecular flexibility index (Phi) is 8.39. The number of hydrogen-bond donors (Lipinski definition) is 0. The first kappa shape index (κ1) is 35.2. The van der Waals surface area contributed by atoms with Gasteiger partial charge in [-0.3, -0.25) is 0 Å². The van der Waals surface area contributed by atoms with Crippen LogP contribution in [0.15, 0.2) is 231 Å². The average molecular weight is 795 g/mol. The third-order valence-corrected chi connectivity index (χ3v) is 13.3. The van der Waals surface area contributed by atoms with E-state index in [1.165, 1.54) is 86.1 Å². The first-order valence-electron chi connectivity index (χ1n) is 20.8. The molecule has 61 heavy (non-hydrogen) atoms. The molecule has 0 amide bonds. The van der Waals surface area contributed by atoms with Crippen LogP contribution in [0.3, 0.4) is 0 Å². The molecule has 2 nitrogen and oxygen atoms in total. The second kappa shape index (κ2) is 14.5. The number of para-hydroxylation sites is 1. The molecule has 0 aliphatic heterocycles. The van der Waals surface area contributed by atoms with E-state index in [0.29, 0.717) is 0 Å². The number of rotatable bonds is 7. The van der Waals surface area contributed by atoms with Crippen molar-refractivity contribution in [3.63, 3.8) is 0 Å². The van der Waals surface area contributed by atoms with Crippen LogP contribution in [-0.2, 0) is 0 Å². The van der Waals surface area contributed by atoms with Gasteiger partial charge in [-0.25, -0.2) is 0 Å². The van der Waals surface area contributed by atoms with Gasteiger partial charge >= 0.3 is 0 Å². The van der Waals surface area contributed by atoms with E-state index in [4.69, 9.17) is 0 Å². The summed E-state index contributed by atoms with van der Waals surface area (Å²) in [6, 6.07) is 84.1. The van der Waals surface area contributed by atoms with Gasteiger partial charge in [0.2, 0.25) is 0 Å². The van der Waals surface area contributed by atoms with Crippen molar-refractivity contribution in [2.75, 3.05) is 4.90 Å². The molecule has 10 aromatic carbocycles. The summed E-state index contributed by atoms with van der Waals surface area (Å²) in [6.45, 7) is 0. The van der Waals surface area contributed by atoms with E-state index < -0.39 is 0 Å². The van der Waals surface area contributed by atoms with Gasteiger partial charge in [-0.1, -0.05) is 164 Å². The van der Waals surface area contributed by atoms with Crippen molar-refractivity contribution < 1.29 is 0 Å². The van der Waals surface area contributed by atoms with Crippen LogP contribution < -0.4 is 4.90 Å². The molecular weight excluding hydrogens is 757 g/mol. The Balaban J connectivity index is 0.952. The molecule has 0 bridgehead atoms. The summed E-state index contributed by atoms with van der Waals surface area (Å²) >= 11 is 1.86. The predicted molar refractivity (Wildman–Crippen MR) is 262 cm³/mol. The number of nitrogens with zero attached hydrogens (tertiary/aromatic N) is 2. The third kappa shape index (κ3) is 6.09. The molecule has 0 fully saturated rings. The van der Waals surface area contributed by atoms with Crippen LogP contribution in [0.2, 0.25) is 0 Å². The molecule has 2 heterocycles. The van der Waals surface area contributed by atoms with Gasteiger partial charge in [-0.2, -0.15) is 0 Å². The Morgan fingerprint density at radius 1 is 0.311 bits per heavy atom.